The molecule has 11 nitrogen and oxygen atoms in total. The Morgan fingerprint density at radius 1 is 1.08 bits per heavy atom. The topological polar surface area (TPSA) is 113 Å². The fourth-order valence-corrected chi connectivity index (χ4v) is 6.88. The number of rotatable bonds is 10. The molecule has 0 bridgehead atoms. The van der Waals surface area contributed by atoms with E-state index >= 15 is 0 Å². The first-order valence-electron chi connectivity index (χ1n) is 17.2. The van der Waals surface area contributed by atoms with E-state index in [1.165, 1.54) is 0 Å². The molecule has 3 aromatic heterocycles. The maximum atomic E-state index is 12.5. The Kier molecular flexibility index (Phi) is 9.29. The van der Waals surface area contributed by atoms with E-state index in [-0.39, 0.29) is 11.8 Å². The average molecular weight is 660 g/mol. The minimum Gasteiger partial charge on any atom is -0.381 e. The third-order valence-electron chi connectivity index (χ3n) is 9.78. The normalized spacial score (nSPS) is 16.2. The maximum Gasteiger partial charge on any atom is 0.248 e. The molecule has 49 heavy (non-hydrogen) atoms. The first-order chi connectivity index (χ1) is 23.8. The number of benzene rings is 2. The van der Waals surface area contributed by atoms with Gasteiger partial charge in [-0.3, -0.25) is 9.78 Å². The Morgan fingerprint density at radius 2 is 1.92 bits per heavy atom. The van der Waals surface area contributed by atoms with Gasteiger partial charge in [-0.2, -0.15) is 19.6 Å². The van der Waals surface area contributed by atoms with Crippen LogP contribution in [0.1, 0.15) is 50.2 Å². The van der Waals surface area contributed by atoms with Gasteiger partial charge in [0.05, 0.1) is 18.5 Å². The number of hydrogen-bond donors (Lipinski definition) is 2. The number of carbonyl (C=O) groups excluding carboxylic acids is 1. The van der Waals surface area contributed by atoms with Crippen LogP contribution in [0.5, 0.6) is 0 Å². The first-order valence-corrected chi connectivity index (χ1v) is 17.2. The van der Waals surface area contributed by atoms with E-state index in [4.69, 9.17) is 24.8 Å². The van der Waals surface area contributed by atoms with Crippen LogP contribution in [-0.2, 0) is 16.1 Å². The third-order valence-corrected chi connectivity index (χ3v) is 9.78. The molecular formula is C38H45N9O2. The number of pyridine rings is 1. The van der Waals surface area contributed by atoms with Gasteiger partial charge in [0, 0.05) is 67.3 Å². The van der Waals surface area contributed by atoms with Gasteiger partial charge in [-0.15, -0.1) is 0 Å². The molecule has 0 radical (unpaired) electrons. The molecule has 0 unspecified atom stereocenters. The standard InChI is InChI=1S/C38H45N9O2/c1-26(2)32-24-41-47-35(32)43-37(46-19-14-38(15-20-46)16-21-49-25-38)44-36(47)40-23-28-8-5-6-9-30(28)34-31-12-11-29(22-27(31)13-17-39-34)42-33(48)10-7-18-45(3)4/h5-13,17,22,24,26H,14-16,18-21,23,25H2,1-4H3,(H,42,48)(H,40,43,44)/b10-7+. The van der Waals surface area contributed by atoms with Gasteiger partial charge in [-0.1, -0.05) is 50.3 Å². The summed E-state index contributed by atoms with van der Waals surface area (Å²) in [5.41, 5.74) is 5.97. The van der Waals surface area contributed by atoms with E-state index in [9.17, 15) is 4.79 Å². The van der Waals surface area contributed by atoms with Gasteiger partial charge in [-0.25, -0.2) is 0 Å². The van der Waals surface area contributed by atoms with E-state index < -0.39 is 0 Å². The van der Waals surface area contributed by atoms with Crippen LogP contribution in [0.4, 0.5) is 17.6 Å². The predicted molar refractivity (Wildman–Crippen MR) is 195 cm³/mol. The highest BCUT2D eigenvalue weighted by atomic mass is 16.5. The van der Waals surface area contributed by atoms with Crippen molar-refractivity contribution in [3.63, 3.8) is 0 Å². The number of amides is 1. The summed E-state index contributed by atoms with van der Waals surface area (Å²) in [7, 11) is 3.93. The molecular weight excluding hydrogens is 614 g/mol. The lowest BCUT2D eigenvalue weighted by molar-refractivity contribution is -0.111. The minimum absolute atomic E-state index is 0.154. The van der Waals surface area contributed by atoms with Crippen LogP contribution in [0.3, 0.4) is 0 Å². The highest BCUT2D eigenvalue weighted by Gasteiger charge is 2.38. The molecule has 11 heteroatoms. The Hall–Kier alpha value is -4.87. The van der Waals surface area contributed by atoms with Crippen molar-refractivity contribution in [3.8, 4) is 11.3 Å². The Balaban J connectivity index is 1.15. The molecule has 5 aromatic rings. The monoisotopic (exact) mass is 659 g/mol. The molecule has 2 aliphatic rings. The Morgan fingerprint density at radius 3 is 2.69 bits per heavy atom. The summed E-state index contributed by atoms with van der Waals surface area (Å²) >= 11 is 0. The number of aromatic nitrogens is 5. The second-order valence-electron chi connectivity index (χ2n) is 13.9. The molecule has 7 rings (SSSR count). The van der Waals surface area contributed by atoms with Gasteiger partial charge in [0.25, 0.3) is 0 Å². The van der Waals surface area contributed by atoms with Crippen molar-refractivity contribution >= 4 is 39.9 Å². The summed E-state index contributed by atoms with van der Waals surface area (Å²) in [6.45, 7) is 9.13. The zero-order chi connectivity index (χ0) is 34.0. The maximum absolute atomic E-state index is 12.5. The largest absolute Gasteiger partial charge is 0.381 e. The highest BCUT2D eigenvalue weighted by molar-refractivity contribution is 6.02. The summed E-state index contributed by atoms with van der Waals surface area (Å²) in [5, 5.41) is 13.3. The highest BCUT2D eigenvalue weighted by Crippen LogP contribution is 2.40. The van der Waals surface area contributed by atoms with Crippen LogP contribution in [-0.4, -0.2) is 82.3 Å². The molecule has 1 amide bonds. The quantitative estimate of drug-likeness (QED) is 0.171. The fourth-order valence-electron chi connectivity index (χ4n) is 6.88. The zero-order valence-electron chi connectivity index (χ0n) is 28.8. The zero-order valence-corrected chi connectivity index (χ0v) is 28.8. The summed E-state index contributed by atoms with van der Waals surface area (Å²) in [5.74, 6) is 1.53. The van der Waals surface area contributed by atoms with Crippen molar-refractivity contribution in [2.75, 3.05) is 62.5 Å². The van der Waals surface area contributed by atoms with Crippen LogP contribution < -0.4 is 15.5 Å². The number of anilines is 3. The number of hydrogen-bond acceptors (Lipinski definition) is 9. The molecule has 254 valence electrons. The summed E-state index contributed by atoms with van der Waals surface area (Å²) in [6.07, 6.45) is 10.5. The first kappa shape index (κ1) is 32.7. The molecule has 2 aromatic carbocycles. The molecule has 0 aliphatic carbocycles. The molecule has 2 N–H and O–H groups in total. The van der Waals surface area contributed by atoms with Gasteiger partial charge in [-0.05, 0) is 73.8 Å². The molecule has 0 atom stereocenters. The van der Waals surface area contributed by atoms with Crippen LogP contribution in [0, 0.1) is 5.41 Å². The molecule has 2 saturated heterocycles. The lowest BCUT2D eigenvalue weighted by Crippen LogP contribution is -2.41. The van der Waals surface area contributed by atoms with Crippen molar-refractivity contribution in [3.05, 3.63) is 84.2 Å². The molecule has 1 spiro atoms. The van der Waals surface area contributed by atoms with E-state index in [1.54, 1.807) is 6.08 Å². The Bertz CT molecular complexity index is 1980. The molecule has 5 heterocycles. The number of ether oxygens (including phenoxy) is 1. The van der Waals surface area contributed by atoms with Crippen molar-refractivity contribution in [1.82, 2.24) is 29.5 Å². The van der Waals surface area contributed by atoms with Gasteiger partial charge in [0.1, 0.15) is 0 Å². The number of carbonyl (C=O) groups is 1. The van der Waals surface area contributed by atoms with Crippen molar-refractivity contribution < 1.29 is 9.53 Å². The predicted octanol–water partition coefficient (Wildman–Crippen LogP) is 6.14. The van der Waals surface area contributed by atoms with Gasteiger partial charge in [0.2, 0.25) is 17.8 Å². The van der Waals surface area contributed by atoms with Crippen molar-refractivity contribution in [2.45, 2.75) is 45.6 Å². The van der Waals surface area contributed by atoms with Gasteiger partial charge in [0.15, 0.2) is 5.65 Å². The number of likely N-dealkylation sites (N-methyl/N-ethyl adjacent to an activating group) is 1. The molecule has 2 aliphatic heterocycles. The minimum atomic E-state index is -0.154. The van der Waals surface area contributed by atoms with Gasteiger partial charge < -0.3 is 25.2 Å². The van der Waals surface area contributed by atoms with E-state index in [0.29, 0.717) is 24.5 Å². The van der Waals surface area contributed by atoms with E-state index in [2.05, 4.69) is 41.5 Å². The van der Waals surface area contributed by atoms with Crippen LogP contribution in [0.2, 0.25) is 0 Å². The van der Waals surface area contributed by atoms with E-state index in [1.807, 2.05) is 78.4 Å². The fraction of sp³-hybridized carbons (Fsp3) is 0.395. The number of piperidine rings is 1. The van der Waals surface area contributed by atoms with Crippen LogP contribution in [0.15, 0.2) is 73.1 Å². The average Bonchev–Trinajstić information content (AvgIpc) is 3.75. The van der Waals surface area contributed by atoms with Crippen molar-refractivity contribution in [2.24, 2.45) is 5.41 Å². The number of nitrogens with zero attached hydrogens (tertiary/aromatic N) is 7. The van der Waals surface area contributed by atoms with E-state index in [0.717, 1.165) is 96.0 Å². The lowest BCUT2D eigenvalue weighted by Gasteiger charge is -2.38. The summed E-state index contributed by atoms with van der Waals surface area (Å²) in [4.78, 5) is 31.7. The van der Waals surface area contributed by atoms with Crippen molar-refractivity contribution in [1.29, 1.82) is 0 Å². The number of nitrogens with one attached hydrogen (secondary N) is 2. The Labute approximate surface area is 287 Å². The second kappa shape index (κ2) is 13.9. The summed E-state index contributed by atoms with van der Waals surface area (Å²) < 4.78 is 7.60. The smallest absolute Gasteiger partial charge is 0.248 e. The van der Waals surface area contributed by atoms with Crippen LogP contribution in [0.25, 0.3) is 27.7 Å². The SMILES string of the molecule is CC(C)c1cnn2c(NCc3ccccc3-c3nccc4cc(NC(=O)/C=C/CN(C)C)ccc34)nc(N3CCC4(CCOC4)CC3)nc12. The van der Waals surface area contributed by atoms with Crippen LogP contribution >= 0.6 is 0 Å². The summed E-state index contributed by atoms with van der Waals surface area (Å²) in [6, 6.07) is 16.2. The third kappa shape index (κ3) is 7.00. The molecule has 0 saturated carbocycles. The second-order valence-corrected chi connectivity index (χ2v) is 13.9. The van der Waals surface area contributed by atoms with Gasteiger partial charge >= 0.3 is 0 Å². The molecule has 2 fully saturated rings. The number of fused-ring (bicyclic) bond motifs is 2. The lowest BCUT2D eigenvalue weighted by atomic mass is 9.78.